The molecule has 108 valence electrons. The second-order valence-electron chi connectivity index (χ2n) is 4.36. The van der Waals surface area contributed by atoms with Crippen molar-refractivity contribution in [2.75, 3.05) is 7.05 Å². The fourth-order valence-corrected chi connectivity index (χ4v) is 2.81. The SMILES string of the molecule is CNCc1ccc(CS(=O)(=O)NCc2ncn[nH]2)cc1. The van der Waals surface area contributed by atoms with Crippen LogP contribution in [0.3, 0.4) is 0 Å². The van der Waals surface area contributed by atoms with E-state index in [0.29, 0.717) is 5.82 Å². The molecule has 8 heteroatoms. The van der Waals surface area contributed by atoms with Crippen LogP contribution in [0, 0.1) is 0 Å². The lowest BCUT2D eigenvalue weighted by atomic mass is 10.1. The zero-order chi connectivity index (χ0) is 14.4. The fourth-order valence-electron chi connectivity index (χ4n) is 1.72. The van der Waals surface area contributed by atoms with Crippen LogP contribution < -0.4 is 10.0 Å². The quantitative estimate of drug-likeness (QED) is 0.675. The minimum absolute atomic E-state index is 0.0546. The van der Waals surface area contributed by atoms with E-state index in [4.69, 9.17) is 0 Å². The van der Waals surface area contributed by atoms with E-state index in [9.17, 15) is 8.42 Å². The molecule has 1 aromatic carbocycles. The third kappa shape index (κ3) is 4.41. The zero-order valence-corrected chi connectivity index (χ0v) is 11.9. The Bertz CT molecular complexity index is 622. The summed E-state index contributed by atoms with van der Waals surface area (Å²) in [5, 5.41) is 9.30. The van der Waals surface area contributed by atoms with Gasteiger partial charge in [0.15, 0.2) is 0 Å². The Labute approximate surface area is 117 Å². The molecule has 20 heavy (non-hydrogen) atoms. The number of H-pyrrole nitrogens is 1. The molecule has 7 nitrogen and oxygen atoms in total. The molecule has 0 amide bonds. The van der Waals surface area contributed by atoms with Gasteiger partial charge in [0, 0.05) is 6.54 Å². The highest BCUT2D eigenvalue weighted by Gasteiger charge is 2.12. The summed E-state index contributed by atoms with van der Waals surface area (Å²) in [5.41, 5.74) is 1.86. The van der Waals surface area contributed by atoms with Gasteiger partial charge < -0.3 is 5.32 Å². The second-order valence-corrected chi connectivity index (χ2v) is 6.17. The van der Waals surface area contributed by atoms with E-state index in [0.717, 1.165) is 17.7 Å². The van der Waals surface area contributed by atoms with Gasteiger partial charge in [-0.1, -0.05) is 24.3 Å². The van der Waals surface area contributed by atoms with Gasteiger partial charge in [-0.15, -0.1) is 0 Å². The zero-order valence-electron chi connectivity index (χ0n) is 11.1. The van der Waals surface area contributed by atoms with E-state index in [1.807, 2.05) is 31.3 Å². The van der Waals surface area contributed by atoms with Gasteiger partial charge in [0.2, 0.25) is 10.0 Å². The number of benzene rings is 1. The molecule has 0 fully saturated rings. The highest BCUT2D eigenvalue weighted by atomic mass is 32.2. The maximum Gasteiger partial charge on any atom is 0.216 e. The molecule has 0 atom stereocenters. The average Bonchev–Trinajstić information content (AvgIpc) is 2.92. The number of aromatic amines is 1. The third-order valence-corrected chi connectivity index (χ3v) is 3.98. The van der Waals surface area contributed by atoms with Crippen molar-refractivity contribution in [1.29, 1.82) is 0 Å². The predicted octanol–water partition coefficient (Wildman–Crippen LogP) is 0.144. The van der Waals surface area contributed by atoms with Gasteiger partial charge in [0.05, 0.1) is 12.3 Å². The van der Waals surface area contributed by atoms with Crippen LogP contribution in [-0.2, 0) is 28.9 Å². The van der Waals surface area contributed by atoms with Gasteiger partial charge in [-0.3, -0.25) is 5.10 Å². The summed E-state index contributed by atoms with van der Waals surface area (Å²) in [6.07, 6.45) is 1.34. The van der Waals surface area contributed by atoms with Crippen molar-refractivity contribution in [2.45, 2.75) is 18.8 Å². The van der Waals surface area contributed by atoms with Crippen LogP contribution >= 0.6 is 0 Å². The number of rotatable bonds is 7. The molecule has 2 rings (SSSR count). The number of aromatic nitrogens is 3. The Morgan fingerprint density at radius 1 is 1.15 bits per heavy atom. The summed E-state index contributed by atoms with van der Waals surface area (Å²) >= 11 is 0. The molecule has 0 aliphatic rings. The van der Waals surface area contributed by atoms with Crippen LogP contribution in [0.2, 0.25) is 0 Å². The number of hydrogen-bond acceptors (Lipinski definition) is 5. The van der Waals surface area contributed by atoms with E-state index in [-0.39, 0.29) is 12.3 Å². The van der Waals surface area contributed by atoms with Crippen molar-refractivity contribution >= 4 is 10.0 Å². The largest absolute Gasteiger partial charge is 0.316 e. The van der Waals surface area contributed by atoms with E-state index in [1.54, 1.807) is 0 Å². The Kier molecular flexibility index (Phi) is 4.83. The minimum atomic E-state index is -3.39. The molecular formula is C12H17N5O2S. The van der Waals surface area contributed by atoms with Gasteiger partial charge >= 0.3 is 0 Å². The van der Waals surface area contributed by atoms with Gasteiger partial charge in [-0.25, -0.2) is 18.1 Å². The van der Waals surface area contributed by atoms with Crippen LogP contribution in [-0.4, -0.2) is 30.6 Å². The van der Waals surface area contributed by atoms with Gasteiger partial charge in [0.1, 0.15) is 12.2 Å². The first-order valence-corrected chi connectivity index (χ1v) is 7.78. The third-order valence-electron chi connectivity index (χ3n) is 2.68. The summed E-state index contributed by atoms with van der Waals surface area (Å²) in [5.74, 6) is 0.430. The highest BCUT2D eigenvalue weighted by Crippen LogP contribution is 2.08. The molecule has 1 aromatic heterocycles. The van der Waals surface area contributed by atoms with E-state index >= 15 is 0 Å². The lowest BCUT2D eigenvalue weighted by molar-refractivity contribution is 0.578. The summed E-state index contributed by atoms with van der Waals surface area (Å²) in [4.78, 5) is 3.86. The lowest BCUT2D eigenvalue weighted by Crippen LogP contribution is -2.25. The summed E-state index contributed by atoms with van der Waals surface area (Å²) in [7, 11) is -1.52. The maximum absolute atomic E-state index is 11.9. The van der Waals surface area contributed by atoms with Crippen LogP contribution in [0.5, 0.6) is 0 Å². The van der Waals surface area contributed by atoms with Crippen molar-refractivity contribution in [3.05, 3.63) is 47.5 Å². The Balaban J connectivity index is 1.93. The van der Waals surface area contributed by atoms with Crippen LogP contribution in [0.25, 0.3) is 0 Å². The van der Waals surface area contributed by atoms with E-state index in [1.165, 1.54) is 6.33 Å². The first-order chi connectivity index (χ1) is 9.59. The Hall–Kier alpha value is -1.77. The molecule has 0 spiro atoms. The van der Waals surface area contributed by atoms with E-state index < -0.39 is 10.0 Å². The van der Waals surface area contributed by atoms with Crippen LogP contribution in [0.4, 0.5) is 0 Å². The Morgan fingerprint density at radius 2 is 1.85 bits per heavy atom. The summed E-state index contributed by atoms with van der Waals surface area (Å²) < 4.78 is 26.3. The molecule has 0 bridgehead atoms. The molecule has 2 aromatic rings. The number of nitrogens with zero attached hydrogens (tertiary/aromatic N) is 2. The minimum Gasteiger partial charge on any atom is -0.316 e. The standard InChI is InChI=1S/C12H17N5O2S/c1-13-6-10-2-4-11(5-3-10)8-20(18,19)16-7-12-14-9-15-17-12/h2-5,9,13,16H,6-8H2,1H3,(H,14,15,17). The summed E-state index contributed by atoms with van der Waals surface area (Å²) in [6.45, 7) is 0.872. The molecule has 3 N–H and O–H groups in total. The van der Waals surface area contributed by atoms with Crippen LogP contribution in [0.1, 0.15) is 17.0 Å². The van der Waals surface area contributed by atoms with Crippen molar-refractivity contribution in [2.24, 2.45) is 0 Å². The highest BCUT2D eigenvalue weighted by molar-refractivity contribution is 7.88. The topological polar surface area (TPSA) is 99.8 Å². The normalized spacial score (nSPS) is 11.7. The maximum atomic E-state index is 11.9. The first-order valence-electron chi connectivity index (χ1n) is 6.13. The monoisotopic (exact) mass is 295 g/mol. The Morgan fingerprint density at radius 3 is 2.45 bits per heavy atom. The van der Waals surface area contributed by atoms with Crippen molar-refractivity contribution < 1.29 is 8.42 Å². The van der Waals surface area contributed by atoms with Crippen LogP contribution in [0.15, 0.2) is 30.6 Å². The molecule has 0 aliphatic carbocycles. The molecule has 0 saturated heterocycles. The van der Waals surface area contributed by atoms with Gasteiger partial charge in [-0.2, -0.15) is 5.10 Å². The molecule has 0 unspecified atom stereocenters. The molecule has 0 aliphatic heterocycles. The number of nitrogens with one attached hydrogen (secondary N) is 3. The smallest absolute Gasteiger partial charge is 0.216 e. The number of sulfonamides is 1. The van der Waals surface area contributed by atoms with Gasteiger partial charge in [0.25, 0.3) is 0 Å². The van der Waals surface area contributed by atoms with E-state index in [2.05, 4.69) is 25.2 Å². The predicted molar refractivity (Wildman–Crippen MR) is 75.1 cm³/mol. The second kappa shape index (κ2) is 6.60. The van der Waals surface area contributed by atoms with Crippen molar-refractivity contribution in [3.8, 4) is 0 Å². The molecule has 1 heterocycles. The van der Waals surface area contributed by atoms with Crippen molar-refractivity contribution in [1.82, 2.24) is 25.2 Å². The van der Waals surface area contributed by atoms with Crippen molar-refractivity contribution in [3.63, 3.8) is 0 Å². The fraction of sp³-hybridized carbons (Fsp3) is 0.333. The lowest BCUT2D eigenvalue weighted by Gasteiger charge is -2.06. The molecular weight excluding hydrogens is 278 g/mol. The number of hydrogen-bond donors (Lipinski definition) is 3. The van der Waals surface area contributed by atoms with Gasteiger partial charge in [-0.05, 0) is 18.2 Å². The summed E-state index contributed by atoms with van der Waals surface area (Å²) in [6, 6.07) is 7.47. The molecule has 0 radical (unpaired) electrons. The first kappa shape index (κ1) is 14.6. The molecule has 0 saturated carbocycles. The average molecular weight is 295 g/mol.